The minimum atomic E-state index is -0.199. The largest absolute Gasteiger partial charge is 0.281 e. The average Bonchev–Trinajstić information content (AvgIpc) is 2.80. The Labute approximate surface area is 157 Å². The first kappa shape index (κ1) is 16.2. The van der Waals surface area contributed by atoms with Crippen molar-refractivity contribution in [1.29, 1.82) is 0 Å². The summed E-state index contributed by atoms with van der Waals surface area (Å²) in [5.41, 5.74) is 3.40. The average molecular weight is 416 g/mol. The Morgan fingerprint density at radius 1 is 1.12 bits per heavy atom. The van der Waals surface area contributed by atoms with Crippen LogP contribution >= 0.6 is 27.5 Å². The van der Waals surface area contributed by atoms with E-state index >= 15 is 0 Å². The maximum atomic E-state index is 12.8. The summed E-state index contributed by atoms with van der Waals surface area (Å²) in [7, 11) is 0. The van der Waals surface area contributed by atoms with E-state index in [2.05, 4.69) is 26.1 Å². The molecule has 124 valence electrons. The van der Waals surface area contributed by atoms with Gasteiger partial charge in [-0.2, -0.15) is 0 Å². The van der Waals surface area contributed by atoms with Crippen LogP contribution in [0.1, 0.15) is 22.6 Å². The van der Waals surface area contributed by atoms with Gasteiger partial charge in [0.25, 0.3) is 5.56 Å². The molecule has 0 bridgehead atoms. The van der Waals surface area contributed by atoms with Crippen molar-refractivity contribution in [1.82, 2.24) is 14.8 Å². The van der Waals surface area contributed by atoms with Crippen molar-refractivity contribution < 1.29 is 0 Å². The second kappa shape index (κ2) is 6.54. The first-order valence-corrected chi connectivity index (χ1v) is 9.12. The lowest BCUT2D eigenvalue weighted by atomic mass is 10.0. The molecular weight excluding hydrogens is 404 g/mol. The minimum absolute atomic E-state index is 0.199. The van der Waals surface area contributed by atoms with E-state index < -0.39 is 0 Å². The van der Waals surface area contributed by atoms with E-state index in [1.165, 1.54) is 0 Å². The molecule has 25 heavy (non-hydrogen) atoms. The van der Waals surface area contributed by atoms with Gasteiger partial charge in [-0.1, -0.05) is 57.9 Å². The Kier molecular flexibility index (Phi) is 4.23. The zero-order valence-corrected chi connectivity index (χ0v) is 15.3. The lowest BCUT2D eigenvalue weighted by Gasteiger charge is -2.13. The minimum Gasteiger partial charge on any atom is -0.276 e. The van der Waals surface area contributed by atoms with E-state index in [1.807, 2.05) is 42.5 Å². The number of rotatable bonds is 2. The molecule has 2 aromatic carbocycles. The first-order valence-electron chi connectivity index (χ1n) is 7.62. The van der Waals surface area contributed by atoms with E-state index in [-0.39, 0.29) is 12.1 Å². The lowest BCUT2D eigenvalue weighted by molar-refractivity contribution is 0.729. The third kappa shape index (κ3) is 2.81. The molecule has 2 heterocycles. The molecule has 0 radical (unpaired) electrons. The van der Waals surface area contributed by atoms with Crippen molar-refractivity contribution >= 4 is 33.2 Å². The number of benzene rings is 2. The number of alkyl halides is 1. The van der Waals surface area contributed by atoms with Crippen molar-refractivity contribution in [2.75, 3.05) is 0 Å². The molecule has 0 atom stereocenters. The van der Waals surface area contributed by atoms with Crippen molar-refractivity contribution in [2.24, 2.45) is 4.99 Å². The highest BCUT2D eigenvalue weighted by Gasteiger charge is 2.22. The summed E-state index contributed by atoms with van der Waals surface area (Å²) in [6, 6.07) is 15.2. The number of halogens is 2. The maximum absolute atomic E-state index is 12.8. The van der Waals surface area contributed by atoms with Gasteiger partial charge < -0.3 is 0 Å². The fraction of sp³-hybridized carbons (Fsp3) is 0.111. The zero-order chi connectivity index (χ0) is 17.4. The monoisotopic (exact) mass is 414 g/mol. The van der Waals surface area contributed by atoms with Crippen LogP contribution in [0.2, 0.25) is 5.02 Å². The van der Waals surface area contributed by atoms with E-state index in [9.17, 15) is 4.79 Å². The van der Waals surface area contributed by atoms with E-state index in [0.717, 1.165) is 16.8 Å². The standard InChI is InChI=1S/C18H12BrClN4O/c19-9-14-18(25)24-15-7-6-12(20)8-13(15)17(11-4-2-1-3-5-11)21-10-16(24)23-22-14/h1-8H,9-10H2. The molecule has 3 aromatic rings. The molecule has 1 aliphatic rings. The SMILES string of the molecule is O=c1c(CBr)nnc2n1-c1ccc(Cl)cc1C(c1ccccc1)=NC2. The quantitative estimate of drug-likeness (QED) is 0.602. The number of aliphatic imine (C=N–C) groups is 1. The summed E-state index contributed by atoms with van der Waals surface area (Å²) in [5.74, 6) is 0.504. The summed E-state index contributed by atoms with van der Waals surface area (Å²) < 4.78 is 1.58. The van der Waals surface area contributed by atoms with E-state index in [0.29, 0.717) is 27.6 Å². The number of hydrogen-bond donors (Lipinski definition) is 0. The Hall–Kier alpha value is -2.31. The van der Waals surface area contributed by atoms with Crippen molar-refractivity contribution in [3.8, 4) is 5.69 Å². The highest BCUT2D eigenvalue weighted by Crippen LogP contribution is 2.26. The van der Waals surface area contributed by atoms with E-state index in [4.69, 9.17) is 16.6 Å². The Bertz CT molecular complexity index is 1050. The van der Waals surface area contributed by atoms with Crippen LogP contribution in [0.4, 0.5) is 0 Å². The molecule has 4 rings (SSSR count). The van der Waals surface area contributed by atoms with Gasteiger partial charge in [-0.25, -0.2) is 0 Å². The molecule has 7 heteroatoms. The van der Waals surface area contributed by atoms with Crippen LogP contribution in [0, 0.1) is 0 Å². The van der Waals surface area contributed by atoms with Gasteiger partial charge in [0.05, 0.1) is 16.7 Å². The molecule has 1 aliphatic heterocycles. The smallest absolute Gasteiger partial charge is 0.276 e. The van der Waals surface area contributed by atoms with Gasteiger partial charge in [-0.3, -0.25) is 14.4 Å². The van der Waals surface area contributed by atoms with Crippen molar-refractivity contribution in [3.63, 3.8) is 0 Å². The van der Waals surface area contributed by atoms with Crippen LogP contribution in [0.3, 0.4) is 0 Å². The van der Waals surface area contributed by atoms with Crippen LogP contribution in [-0.2, 0) is 11.9 Å². The summed E-state index contributed by atoms with van der Waals surface area (Å²) >= 11 is 9.52. The summed E-state index contributed by atoms with van der Waals surface area (Å²) in [6.45, 7) is 0.265. The first-order chi connectivity index (χ1) is 12.2. The van der Waals surface area contributed by atoms with Gasteiger partial charge >= 0.3 is 0 Å². The Balaban J connectivity index is 2.04. The molecule has 0 aliphatic carbocycles. The second-order valence-corrected chi connectivity index (χ2v) is 6.53. The molecule has 0 N–H and O–H groups in total. The molecule has 0 spiro atoms. The number of nitrogens with zero attached hydrogens (tertiary/aromatic N) is 4. The molecular formula is C18H12BrClN4O. The zero-order valence-electron chi connectivity index (χ0n) is 13.0. The molecule has 0 fully saturated rings. The Morgan fingerprint density at radius 3 is 2.68 bits per heavy atom. The van der Waals surface area contributed by atoms with Gasteiger partial charge in [-0.05, 0) is 18.2 Å². The normalized spacial score (nSPS) is 12.8. The molecule has 1 aromatic heterocycles. The van der Waals surface area contributed by atoms with Crippen LogP contribution in [0.25, 0.3) is 5.69 Å². The molecule has 0 saturated carbocycles. The predicted octanol–water partition coefficient (Wildman–Crippen LogP) is 3.53. The number of aromatic nitrogens is 3. The fourth-order valence-electron chi connectivity index (χ4n) is 2.86. The molecule has 0 unspecified atom stereocenters. The summed E-state index contributed by atoms with van der Waals surface area (Å²) in [4.78, 5) is 17.5. The van der Waals surface area contributed by atoms with Crippen LogP contribution < -0.4 is 5.56 Å². The van der Waals surface area contributed by atoms with E-state index in [1.54, 1.807) is 10.6 Å². The second-order valence-electron chi connectivity index (χ2n) is 5.53. The van der Waals surface area contributed by atoms with Crippen molar-refractivity contribution in [2.45, 2.75) is 11.9 Å². The summed E-state index contributed by atoms with van der Waals surface area (Å²) in [5, 5.41) is 9.14. The predicted molar refractivity (Wildman–Crippen MR) is 101 cm³/mol. The fourth-order valence-corrected chi connectivity index (χ4v) is 3.38. The topological polar surface area (TPSA) is 60.1 Å². The molecule has 0 saturated heterocycles. The van der Waals surface area contributed by atoms with Gasteiger partial charge in [0.1, 0.15) is 12.2 Å². The summed E-state index contributed by atoms with van der Waals surface area (Å²) in [6.07, 6.45) is 0. The number of fused-ring (bicyclic) bond motifs is 3. The number of hydrogen-bond acceptors (Lipinski definition) is 4. The van der Waals surface area contributed by atoms with Gasteiger partial charge in [0.2, 0.25) is 0 Å². The van der Waals surface area contributed by atoms with Crippen molar-refractivity contribution in [3.05, 3.63) is 86.6 Å². The maximum Gasteiger partial charge on any atom is 0.281 e. The third-order valence-electron chi connectivity index (χ3n) is 4.00. The van der Waals surface area contributed by atoms with Gasteiger partial charge in [0, 0.05) is 16.1 Å². The van der Waals surface area contributed by atoms with Crippen LogP contribution in [0.15, 0.2) is 58.3 Å². The van der Waals surface area contributed by atoms with Gasteiger partial charge in [-0.15, -0.1) is 10.2 Å². The highest BCUT2D eigenvalue weighted by atomic mass is 79.9. The van der Waals surface area contributed by atoms with Gasteiger partial charge in [0.15, 0.2) is 5.82 Å². The molecule has 0 amide bonds. The molecule has 5 nitrogen and oxygen atoms in total. The highest BCUT2D eigenvalue weighted by molar-refractivity contribution is 9.08. The lowest BCUT2D eigenvalue weighted by Crippen LogP contribution is -2.28. The van der Waals surface area contributed by atoms with Crippen LogP contribution in [-0.4, -0.2) is 20.5 Å². The van der Waals surface area contributed by atoms with Crippen LogP contribution in [0.5, 0.6) is 0 Å². The Morgan fingerprint density at radius 2 is 1.92 bits per heavy atom. The third-order valence-corrected chi connectivity index (χ3v) is 4.77.